The largest absolute Gasteiger partial charge is 0.493 e. The number of amides is 1. The van der Waals surface area contributed by atoms with Crippen molar-refractivity contribution < 1.29 is 14.3 Å². The fraction of sp³-hybridized carbons (Fsp3) is 0.278. The zero-order valence-electron chi connectivity index (χ0n) is 15.4. The van der Waals surface area contributed by atoms with Crippen LogP contribution in [0.2, 0.25) is 0 Å². The number of carbonyl (C=O) groups is 1. The third-order valence-corrected chi connectivity index (χ3v) is 4.23. The monoisotopic (exact) mass is 355 g/mol. The quantitative estimate of drug-likeness (QED) is 0.734. The first-order valence-electron chi connectivity index (χ1n) is 8.04. The first-order valence-corrected chi connectivity index (χ1v) is 8.04. The maximum atomic E-state index is 12.5. The van der Waals surface area contributed by atoms with Gasteiger partial charge in [0.1, 0.15) is 5.69 Å². The number of aromatic nitrogens is 4. The number of H-pyrrole nitrogens is 1. The van der Waals surface area contributed by atoms with E-state index in [1.807, 2.05) is 20.9 Å². The van der Waals surface area contributed by atoms with Crippen LogP contribution in [0.5, 0.6) is 11.5 Å². The number of nitrogens with zero attached hydrogens (tertiary/aromatic N) is 3. The molecule has 0 fully saturated rings. The van der Waals surface area contributed by atoms with Gasteiger partial charge >= 0.3 is 0 Å². The fourth-order valence-electron chi connectivity index (χ4n) is 2.82. The number of hydrogen-bond donors (Lipinski definition) is 2. The molecule has 26 heavy (non-hydrogen) atoms. The summed E-state index contributed by atoms with van der Waals surface area (Å²) >= 11 is 0. The maximum absolute atomic E-state index is 12.5. The third kappa shape index (κ3) is 3.13. The van der Waals surface area contributed by atoms with E-state index in [0.717, 1.165) is 17.0 Å². The molecular formula is C18H21N5O3. The summed E-state index contributed by atoms with van der Waals surface area (Å²) in [4.78, 5) is 12.5. The first kappa shape index (κ1) is 17.5. The predicted molar refractivity (Wildman–Crippen MR) is 97.8 cm³/mol. The highest BCUT2D eigenvalue weighted by molar-refractivity contribution is 6.03. The Morgan fingerprint density at radius 3 is 2.50 bits per heavy atom. The number of aryl methyl sites for hydroxylation is 2. The van der Waals surface area contributed by atoms with Crippen molar-refractivity contribution >= 4 is 11.6 Å². The summed E-state index contributed by atoms with van der Waals surface area (Å²) in [6.07, 6.45) is 0. The van der Waals surface area contributed by atoms with E-state index in [2.05, 4.69) is 20.6 Å². The number of rotatable bonds is 5. The lowest BCUT2D eigenvalue weighted by Crippen LogP contribution is -2.12. The van der Waals surface area contributed by atoms with Crippen molar-refractivity contribution in [1.29, 1.82) is 0 Å². The van der Waals surface area contributed by atoms with E-state index in [-0.39, 0.29) is 5.91 Å². The van der Waals surface area contributed by atoms with E-state index >= 15 is 0 Å². The van der Waals surface area contributed by atoms with Crippen LogP contribution < -0.4 is 14.8 Å². The van der Waals surface area contributed by atoms with E-state index in [1.165, 1.54) is 0 Å². The van der Waals surface area contributed by atoms with Gasteiger partial charge in [0.25, 0.3) is 5.91 Å². The van der Waals surface area contributed by atoms with E-state index in [9.17, 15) is 4.79 Å². The summed E-state index contributed by atoms with van der Waals surface area (Å²) in [5.41, 5.74) is 4.42. The van der Waals surface area contributed by atoms with Crippen molar-refractivity contribution in [3.63, 3.8) is 0 Å². The molecule has 0 atom stereocenters. The van der Waals surface area contributed by atoms with Crippen LogP contribution in [-0.2, 0) is 7.05 Å². The molecule has 2 aromatic heterocycles. The molecule has 0 aliphatic heterocycles. The Morgan fingerprint density at radius 1 is 1.15 bits per heavy atom. The normalized spacial score (nSPS) is 10.7. The van der Waals surface area contributed by atoms with Crippen LogP contribution in [-0.4, -0.2) is 40.1 Å². The Hall–Kier alpha value is -3.29. The van der Waals surface area contributed by atoms with E-state index in [0.29, 0.717) is 28.6 Å². The van der Waals surface area contributed by atoms with Gasteiger partial charge in [-0.2, -0.15) is 10.2 Å². The molecule has 0 saturated carbocycles. The van der Waals surface area contributed by atoms with Gasteiger partial charge in [-0.25, -0.2) is 0 Å². The van der Waals surface area contributed by atoms with Crippen LogP contribution in [0.15, 0.2) is 24.3 Å². The highest BCUT2D eigenvalue weighted by atomic mass is 16.5. The Labute approximate surface area is 151 Å². The number of carbonyl (C=O) groups excluding carboxylic acids is 1. The Bertz CT molecular complexity index is 958. The molecule has 1 amide bonds. The molecule has 3 aromatic rings. The predicted octanol–water partition coefficient (Wildman–Crippen LogP) is 2.70. The molecule has 0 saturated heterocycles. The molecule has 136 valence electrons. The van der Waals surface area contributed by atoms with Gasteiger partial charge < -0.3 is 14.8 Å². The average Bonchev–Trinajstić information content (AvgIpc) is 3.19. The van der Waals surface area contributed by atoms with Gasteiger partial charge in [0.2, 0.25) is 0 Å². The Morgan fingerprint density at radius 2 is 1.88 bits per heavy atom. The van der Waals surface area contributed by atoms with Gasteiger partial charge in [-0.15, -0.1) is 0 Å². The Kier molecular flexibility index (Phi) is 4.66. The van der Waals surface area contributed by atoms with Gasteiger partial charge in [0, 0.05) is 30.1 Å². The smallest absolute Gasteiger partial charge is 0.273 e. The number of hydrogen-bond acceptors (Lipinski definition) is 5. The molecule has 0 aliphatic carbocycles. The number of anilines is 1. The van der Waals surface area contributed by atoms with E-state index in [4.69, 9.17) is 9.47 Å². The number of nitrogens with one attached hydrogen (secondary N) is 2. The zero-order chi connectivity index (χ0) is 18.8. The van der Waals surface area contributed by atoms with Crippen LogP contribution in [0, 0.1) is 13.8 Å². The van der Waals surface area contributed by atoms with Gasteiger partial charge in [-0.3, -0.25) is 14.6 Å². The number of benzene rings is 1. The summed E-state index contributed by atoms with van der Waals surface area (Å²) < 4.78 is 12.2. The molecule has 8 nitrogen and oxygen atoms in total. The fourth-order valence-corrected chi connectivity index (χ4v) is 2.82. The minimum Gasteiger partial charge on any atom is -0.493 e. The molecule has 1 aromatic carbocycles. The van der Waals surface area contributed by atoms with Crippen molar-refractivity contribution in [3.8, 4) is 22.8 Å². The van der Waals surface area contributed by atoms with Crippen LogP contribution >= 0.6 is 0 Å². The first-order chi connectivity index (χ1) is 12.4. The molecular weight excluding hydrogens is 334 g/mol. The topological polar surface area (TPSA) is 94.1 Å². The maximum Gasteiger partial charge on any atom is 0.273 e. The minimum absolute atomic E-state index is 0.296. The molecule has 2 heterocycles. The summed E-state index contributed by atoms with van der Waals surface area (Å²) in [6, 6.07) is 6.89. The Balaban J connectivity index is 1.83. The summed E-state index contributed by atoms with van der Waals surface area (Å²) in [7, 11) is 4.98. The van der Waals surface area contributed by atoms with Crippen molar-refractivity contribution in [1.82, 2.24) is 20.0 Å². The van der Waals surface area contributed by atoms with E-state index < -0.39 is 0 Å². The van der Waals surface area contributed by atoms with Crippen LogP contribution in [0.1, 0.15) is 21.9 Å². The molecule has 0 bridgehead atoms. The lowest BCUT2D eigenvalue weighted by molar-refractivity contribution is 0.102. The van der Waals surface area contributed by atoms with Gasteiger partial charge in [0.05, 0.1) is 25.6 Å². The van der Waals surface area contributed by atoms with Crippen molar-refractivity contribution in [3.05, 3.63) is 41.3 Å². The summed E-state index contributed by atoms with van der Waals surface area (Å²) in [5.74, 6) is 0.837. The summed E-state index contributed by atoms with van der Waals surface area (Å²) in [5, 5.41) is 14.2. The molecule has 8 heteroatoms. The van der Waals surface area contributed by atoms with Crippen LogP contribution in [0.25, 0.3) is 11.3 Å². The zero-order valence-corrected chi connectivity index (χ0v) is 15.4. The second-order valence-electron chi connectivity index (χ2n) is 5.86. The molecule has 0 unspecified atom stereocenters. The van der Waals surface area contributed by atoms with Crippen LogP contribution in [0.4, 0.5) is 5.69 Å². The highest BCUT2D eigenvalue weighted by Crippen LogP contribution is 2.30. The average molecular weight is 355 g/mol. The second-order valence-corrected chi connectivity index (χ2v) is 5.86. The van der Waals surface area contributed by atoms with Gasteiger partial charge in [0.15, 0.2) is 11.5 Å². The number of ether oxygens (including phenoxy) is 2. The highest BCUT2D eigenvalue weighted by Gasteiger charge is 2.17. The second kappa shape index (κ2) is 6.91. The molecule has 2 N–H and O–H groups in total. The lowest BCUT2D eigenvalue weighted by atomic mass is 10.1. The molecule has 0 radical (unpaired) electrons. The van der Waals surface area contributed by atoms with Crippen molar-refractivity contribution in [2.45, 2.75) is 13.8 Å². The minimum atomic E-state index is -0.296. The van der Waals surface area contributed by atoms with E-state index in [1.54, 1.807) is 43.2 Å². The number of aromatic amines is 1. The van der Waals surface area contributed by atoms with Crippen molar-refractivity contribution in [2.75, 3.05) is 19.5 Å². The molecule has 3 rings (SSSR count). The van der Waals surface area contributed by atoms with Crippen LogP contribution in [0.3, 0.4) is 0 Å². The molecule has 0 aliphatic rings. The lowest BCUT2D eigenvalue weighted by Gasteiger charge is -2.10. The number of methoxy groups -OCH3 is 2. The summed E-state index contributed by atoms with van der Waals surface area (Å²) in [6.45, 7) is 3.88. The standard InChI is InChI=1S/C18H21N5O3/c1-10-17(11(2)23(3)22-10)13-9-14(21-20-13)18(24)19-12-6-7-15(25-4)16(8-12)26-5/h6-9H,1-5H3,(H,19,24)(H,20,21). The SMILES string of the molecule is COc1ccc(NC(=O)c2cc(-c3c(C)nn(C)c3C)n[nH]2)cc1OC. The molecule has 0 spiro atoms. The van der Waals surface area contributed by atoms with Gasteiger partial charge in [-0.05, 0) is 32.0 Å². The van der Waals surface area contributed by atoms with Crippen molar-refractivity contribution in [2.24, 2.45) is 7.05 Å². The van der Waals surface area contributed by atoms with Gasteiger partial charge in [-0.1, -0.05) is 0 Å². The third-order valence-electron chi connectivity index (χ3n) is 4.23.